The van der Waals surface area contributed by atoms with Gasteiger partial charge in [0.25, 0.3) is 0 Å². The highest BCUT2D eigenvalue weighted by molar-refractivity contribution is 8.01. The summed E-state index contributed by atoms with van der Waals surface area (Å²) in [6.45, 7) is 11.3. The van der Waals surface area contributed by atoms with Crippen molar-refractivity contribution in [1.82, 2.24) is 15.1 Å². The Morgan fingerprint density at radius 2 is 1.69 bits per heavy atom. The summed E-state index contributed by atoms with van der Waals surface area (Å²) >= 11 is 3.48. The topological polar surface area (TPSA) is 35.5 Å². The Bertz CT molecular complexity index is 666. The number of hydrogen-bond donors (Lipinski definition) is 0. The predicted molar refractivity (Wildman–Crippen MR) is 109 cm³/mol. The van der Waals surface area contributed by atoms with Crippen molar-refractivity contribution in [1.29, 1.82) is 0 Å². The molecule has 142 valence electrons. The van der Waals surface area contributed by atoms with Crippen LogP contribution in [0.2, 0.25) is 0 Å². The van der Waals surface area contributed by atoms with Gasteiger partial charge in [-0.3, -0.25) is 0 Å². The third-order valence-corrected chi connectivity index (χ3v) is 6.76. The molecule has 1 aliphatic rings. The van der Waals surface area contributed by atoms with Crippen LogP contribution in [0.1, 0.15) is 13.8 Å². The van der Waals surface area contributed by atoms with E-state index in [0.717, 1.165) is 66.7 Å². The molecule has 0 saturated carbocycles. The van der Waals surface area contributed by atoms with Gasteiger partial charge in [-0.05, 0) is 37.4 Å². The number of hydrogen-bond acceptors (Lipinski definition) is 7. The van der Waals surface area contributed by atoms with E-state index in [4.69, 9.17) is 0 Å². The summed E-state index contributed by atoms with van der Waals surface area (Å²) in [5.74, 6) is 0.863. The number of benzene rings is 1. The van der Waals surface area contributed by atoms with E-state index in [9.17, 15) is 4.39 Å². The van der Waals surface area contributed by atoms with Crippen molar-refractivity contribution in [3.8, 4) is 0 Å². The summed E-state index contributed by atoms with van der Waals surface area (Å²) in [5, 5.41) is 9.73. The molecule has 2 aromatic rings. The smallest absolute Gasteiger partial charge is 0.209 e. The van der Waals surface area contributed by atoms with Crippen LogP contribution in [-0.4, -0.2) is 66.7 Å². The molecule has 0 N–H and O–H groups in total. The van der Waals surface area contributed by atoms with Gasteiger partial charge in [-0.15, -0.1) is 10.2 Å². The number of piperazine rings is 1. The maximum atomic E-state index is 13.1. The highest BCUT2D eigenvalue weighted by Gasteiger charge is 2.20. The van der Waals surface area contributed by atoms with Gasteiger partial charge in [0, 0.05) is 44.2 Å². The average molecular weight is 396 g/mol. The summed E-state index contributed by atoms with van der Waals surface area (Å²) in [4.78, 5) is 7.01. The lowest BCUT2D eigenvalue weighted by Crippen LogP contribution is -2.46. The van der Waals surface area contributed by atoms with E-state index in [1.54, 1.807) is 23.1 Å². The Balaban J connectivity index is 1.47. The quantitative estimate of drug-likeness (QED) is 0.637. The van der Waals surface area contributed by atoms with Crippen molar-refractivity contribution in [3.63, 3.8) is 0 Å². The fourth-order valence-corrected chi connectivity index (χ4v) is 4.96. The van der Waals surface area contributed by atoms with E-state index in [-0.39, 0.29) is 5.82 Å². The van der Waals surface area contributed by atoms with Crippen LogP contribution in [0.4, 0.5) is 15.2 Å². The minimum Gasteiger partial charge on any atom is -0.368 e. The minimum atomic E-state index is -0.188. The normalized spacial score (nSPS) is 15.1. The zero-order valence-electron chi connectivity index (χ0n) is 15.4. The molecule has 5 nitrogen and oxygen atoms in total. The fourth-order valence-electron chi connectivity index (χ4n) is 3.00. The molecule has 26 heavy (non-hydrogen) atoms. The number of rotatable bonds is 8. The highest BCUT2D eigenvalue weighted by Crippen LogP contribution is 2.29. The summed E-state index contributed by atoms with van der Waals surface area (Å²) in [6, 6.07) is 6.74. The van der Waals surface area contributed by atoms with E-state index in [1.165, 1.54) is 12.1 Å². The number of thioether (sulfide) groups is 1. The fraction of sp³-hybridized carbons (Fsp3) is 0.556. The van der Waals surface area contributed by atoms with Gasteiger partial charge in [-0.25, -0.2) is 4.39 Å². The van der Waals surface area contributed by atoms with Gasteiger partial charge in [0.1, 0.15) is 5.82 Å². The number of halogens is 1. The van der Waals surface area contributed by atoms with Crippen molar-refractivity contribution < 1.29 is 4.39 Å². The van der Waals surface area contributed by atoms with Gasteiger partial charge in [0.2, 0.25) is 5.13 Å². The SMILES string of the molecule is CCN(CC)CCSc1nnc(N2CCN(c3ccc(F)cc3)CC2)s1. The third kappa shape index (κ3) is 5.08. The van der Waals surface area contributed by atoms with Gasteiger partial charge in [-0.1, -0.05) is 36.9 Å². The molecule has 0 amide bonds. The molecule has 1 aromatic carbocycles. The third-order valence-electron chi connectivity index (χ3n) is 4.67. The Morgan fingerprint density at radius 3 is 2.35 bits per heavy atom. The van der Waals surface area contributed by atoms with Gasteiger partial charge in [-0.2, -0.15) is 0 Å². The second-order valence-corrected chi connectivity index (χ2v) is 8.47. The zero-order valence-corrected chi connectivity index (χ0v) is 17.0. The van der Waals surface area contributed by atoms with Crippen LogP contribution in [0.15, 0.2) is 28.6 Å². The molecular weight excluding hydrogens is 369 g/mol. The Labute approximate surface area is 163 Å². The molecule has 1 fully saturated rings. The molecular formula is C18H26FN5S2. The van der Waals surface area contributed by atoms with Crippen molar-refractivity contribution in [3.05, 3.63) is 30.1 Å². The zero-order chi connectivity index (χ0) is 18.4. The maximum Gasteiger partial charge on any atom is 0.209 e. The van der Waals surface area contributed by atoms with Crippen molar-refractivity contribution in [2.45, 2.75) is 18.2 Å². The molecule has 0 radical (unpaired) electrons. The van der Waals surface area contributed by atoms with E-state index in [1.807, 2.05) is 12.1 Å². The first-order valence-electron chi connectivity index (χ1n) is 9.13. The van der Waals surface area contributed by atoms with Gasteiger partial charge < -0.3 is 14.7 Å². The second-order valence-electron chi connectivity index (χ2n) is 6.18. The van der Waals surface area contributed by atoms with Crippen LogP contribution in [0.5, 0.6) is 0 Å². The molecule has 0 aliphatic carbocycles. The molecule has 3 rings (SSSR count). The van der Waals surface area contributed by atoms with Crippen LogP contribution in [-0.2, 0) is 0 Å². The van der Waals surface area contributed by atoms with Gasteiger partial charge in [0.05, 0.1) is 0 Å². The lowest BCUT2D eigenvalue weighted by molar-refractivity contribution is 0.324. The minimum absolute atomic E-state index is 0.188. The van der Waals surface area contributed by atoms with Crippen LogP contribution >= 0.6 is 23.1 Å². The first-order valence-corrected chi connectivity index (χ1v) is 10.9. The summed E-state index contributed by atoms with van der Waals surface area (Å²) in [5.41, 5.74) is 1.08. The highest BCUT2D eigenvalue weighted by atomic mass is 32.2. The van der Waals surface area contributed by atoms with E-state index < -0.39 is 0 Å². The van der Waals surface area contributed by atoms with Crippen LogP contribution < -0.4 is 9.80 Å². The van der Waals surface area contributed by atoms with Crippen LogP contribution in [0.3, 0.4) is 0 Å². The summed E-state index contributed by atoms with van der Waals surface area (Å²) in [6.07, 6.45) is 0. The average Bonchev–Trinajstić information content (AvgIpc) is 3.15. The molecule has 0 spiro atoms. The van der Waals surface area contributed by atoms with E-state index >= 15 is 0 Å². The van der Waals surface area contributed by atoms with E-state index in [2.05, 4.69) is 38.7 Å². The molecule has 0 atom stereocenters. The van der Waals surface area contributed by atoms with E-state index in [0.29, 0.717) is 0 Å². The standard InChI is InChI=1S/C18H26FN5S2/c1-3-22(4-2)13-14-25-18-21-20-17(26-18)24-11-9-23(10-12-24)16-7-5-15(19)6-8-16/h5-8H,3-4,9-14H2,1-2H3. The summed E-state index contributed by atoms with van der Waals surface area (Å²) in [7, 11) is 0. The lowest BCUT2D eigenvalue weighted by Gasteiger charge is -2.35. The Morgan fingerprint density at radius 1 is 1.04 bits per heavy atom. The molecule has 0 bridgehead atoms. The van der Waals surface area contributed by atoms with Crippen LogP contribution in [0, 0.1) is 5.82 Å². The first-order chi connectivity index (χ1) is 12.7. The molecule has 1 aromatic heterocycles. The number of aromatic nitrogens is 2. The molecule has 8 heteroatoms. The van der Waals surface area contributed by atoms with Crippen LogP contribution in [0.25, 0.3) is 0 Å². The molecule has 1 saturated heterocycles. The molecule has 2 heterocycles. The van der Waals surface area contributed by atoms with Crippen molar-refractivity contribution in [2.75, 3.05) is 61.4 Å². The van der Waals surface area contributed by atoms with Crippen molar-refractivity contribution in [2.24, 2.45) is 0 Å². The number of nitrogens with zero attached hydrogens (tertiary/aromatic N) is 5. The summed E-state index contributed by atoms with van der Waals surface area (Å²) < 4.78 is 14.1. The monoisotopic (exact) mass is 395 g/mol. The van der Waals surface area contributed by atoms with Gasteiger partial charge >= 0.3 is 0 Å². The first kappa shape index (κ1) is 19.4. The molecule has 0 unspecified atom stereocenters. The Hall–Kier alpha value is -1.38. The maximum absolute atomic E-state index is 13.1. The van der Waals surface area contributed by atoms with Crippen molar-refractivity contribution >= 4 is 33.9 Å². The second kappa shape index (κ2) is 9.53. The lowest BCUT2D eigenvalue weighted by atomic mass is 10.2. The largest absolute Gasteiger partial charge is 0.368 e. The van der Waals surface area contributed by atoms with Gasteiger partial charge in [0.15, 0.2) is 4.34 Å². The number of anilines is 2. The Kier molecular flexibility index (Phi) is 7.10. The molecule has 1 aliphatic heterocycles. The predicted octanol–water partition coefficient (Wildman–Crippen LogP) is 3.44.